The van der Waals surface area contributed by atoms with Crippen LogP contribution in [0.3, 0.4) is 0 Å². The van der Waals surface area contributed by atoms with Gasteiger partial charge < -0.3 is 8.99 Å². The predicted molar refractivity (Wildman–Crippen MR) is 102 cm³/mol. The second-order valence-electron chi connectivity index (χ2n) is 8.07. The molecule has 1 aromatic heterocycles. The number of imidazole rings is 1. The molecule has 1 aromatic carbocycles. The van der Waals surface area contributed by atoms with Crippen molar-refractivity contribution in [3.8, 4) is 0 Å². The van der Waals surface area contributed by atoms with Crippen molar-refractivity contribution in [1.82, 2.24) is 9.55 Å². The van der Waals surface area contributed by atoms with E-state index in [2.05, 4.69) is 57.0 Å². The van der Waals surface area contributed by atoms with E-state index in [1.165, 1.54) is 0 Å². The predicted octanol–water partition coefficient (Wildman–Crippen LogP) is 5.01. The maximum atomic E-state index is 12.1. The van der Waals surface area contributed by atoms with Crippen molar-refractivity contribution in [3.05, 3.63) is 30.1 Å². The summed E-state index contributed by atoms with van der Waals surface area (Å²) in [5.41, 5.74) is 3.09. The zero-order chi connectivity index (χ0) is 18.1. The summed E-state index contributed by atoms with van der Waals surface area (Å²) in [6.45, 7) is 13.0. The highest BCUT2D eigenvalue weighted by Gasteiger charge is 2.39. The maximum absolute atomic E-state index is 12.1. The molecule has 1 atom stereocenters. The number of aryl methyl sites for hydroxylation is 1. The van der Waals surface area contributed by atoms with Crippen LogP contribution in [0.4, 0.5) is 0 Å². The van der Waals surface area contributed by atoms with Gasteiger partial charge in [-0.05, 0) is 35.8 Å². The minimum atomic E-state index is -1.97. The summed E-state index contributed by atoms with van der Waals surface area (Å²) in [6, 6.07) is 6.21. The first-order chi connectivity index (χ1) is 11.0. The number of hydrogen-bond donors (Lipinski definition) is 0. The minimum Gasteiger partial charge on any atom is -0.409 e. The summed E-state index contributed by atoms with van der Waals surface area (Å²) in [6.07, 6.45) is 2.60. The molecule has 24 heavy (non-hydrogen) atoms. The van der Waals surface area contributed by atoms with Gasteiger partial charge >= 0.3 is 0 Å². The van der Waals surface area contributed by atoms with Crippen LogP contribution in [0.15, 0.2) is 24.5 Å². The Kier molecular flexibility index (Phi) is 5.35. The van der Waals surface area contributed by atoms with Crippen molar-refractivity contribution in [2.75, 3.05) is 0 Å². The van der Waals surface area contributed by atoms with E-state index in [0.717, 1.165) is 16.6 Å². The van der Waals surface area contributed by atoms with E-state index in [4.69, 9.17) is 4.43 Å². The van der Waals surface area contributed by atoms with Crippen molar-refractivity contribution in [3.63, 3.8) is 0 Å². The highest BCUT2D eigenvalue weighted by Crippen LogP contribution is 2.41. The summed E-state index contributed by atoms with van der Waals surface area (Å²) in [7, 11) is 0.0149. The van der Waals surface area contributed by atoms with Gasteiger partial charge in [0.1, 0.15) is 5.78 Å². The van der Waals surface area contributed by atoms with E-state index in [-0.39, 0.29) is 16.9 Å². The third-order valence-electron chi connectivity index (χ3n) is 5.17. The number of Topliss-reactive ketones (excluding diaryl/α,β-unsaturated/α-hetero) is 1. The van der Waals surface area contributed by atoms with E-state index in [1.54, 1.807) is 0 Å². The van der Waals surface area contributed by atoms with E-state index >= 15 is 0 Å². The number of fused-ring (bicyclic) bond motifs is 1. The zero-order valence-corrected chi connectivity index (χ0v) is 17.0. The molecule has 0 radical (unpaired) electrons. The Morgan fingerprint density at radius 1 is 1.33 bits per heavy atom. The Labute approximate surface area is 146 Å². The van der Waals surface area contributed by atoms with Gasteiger partial charge in [0.25, 0.3) is 0 Å². The molecule has 132 valence electrons. The number of aromatic nitrogens is 2. The molecule has 0 aliphatic carbocycles. The lowest BCUT2D eigenvalue weighted by molar-refractivity contribution is -0.120. The summed E-state index contributed by atoms with van der Waals surface area (Å²) in [4.78, 5) is 16.6. The Hall–Kier alpha value is -1.46. The monoisotopic (exact) mass is 346 g/mol. The van der Waals surface area contributed by atoms with Crippen LogP contribution in [0.25, 0.3) is 11.0 Å². The van der Waals surface area contributed by atoms with Crippen LogP contribution in [0.2, 0.25) is 18.1 Å². The zero-order valence-electron chi connectivity index (χ0n) is 16.0. The second-order valence-corrected chi connectivity index (χ2v) is 12.8. The standard InChI is InChI=1S/C19H30N2O2Si/c1-8-15(22)12-18(23-24(6,7)19(2,3)4)14-9-10-17-16(11-14)20-13-21(17)5/h9-11,13,18H,8,12H2,1-7H3. The number of carbonyl (C=O) groups excluding carboxylic acids is 1. The first-order valence-corrected chi connectivity index (χ1v) is 11.6. The van der Waals surface area contributed by atoms with Gasteiger partial charge in [0.2, 0.25) is 0 Å². The SMILES string of the molecule is CCC(=O)CC(O[Si](C)(C)C(C)(C)C)c1ccc2c(c1)ncn2C. The van der Waals surface area contributed by atoms with Crippen LogP contribution in [0.1, 0.15) is 52.2 Å². The average Bonchev–Trinajstić information content (AvgIpc) is 2.86. The van der Waals surface area contributed by atoms with Crippen molar-refractivity contribution in [1.29, 1.82) is 0 Å². The second kappa shape index (κ2) is 6.80. The summed E-state index contributed by atoms with van der Waals surface area (Å²) < 4.78 is 8.60. The van der Waals surface area contributed by atoms with E-state index in [0.29, 0.717) is 12.8 Å². The molecule has 0 saturated heterocycles. The van der Waals surface area contributed by atoms with E-state index in [1.807, 2.05) is 24.9 Å². The van der Waals surface area contributed by atoms with Gasteiger partial charge in [-0.25, -0.2) is 4.98 Å². The maximum Gasteiger partial charge on any atom is 0.192 e. The van der Waals surface area contributed by atoms with Gasteiger partial charge in [-0.2, -0.15) is 0 Å². The van der Waals surface area contributed by atoms with Crippen LogP contribution < -0.4 is 0 Å². The van der Waals surface area contributed by atoms with Crippen LogP contribution in [0.5, 0.6) is 0 Å². The number of rotatable bonds is 6. The molecule has 1 heterocycles. The fourth-order valence-electron chi connectivity index (χ4n) is 2.46. The van der Waals surface area contributed by atoms with Gasteiger partial charge in [-0.1, -0.05) is 33.8 Å². The van der Waals surface area contributed by atoms with Gasteiger partial charge in [0.15, 0.2) is 8.32 Å². The largest absolute Gasteiger partial charge is 0.409 e. The third-order valence-corrected chi connectivity index (χ3v) is 9.66. The van der Waals surface area contributed by atoms with Crippen LogP contribution in [-0.4, -0.2) is 23.7 Å². The Balaban J connectivity index is 2.38. The first kappa shape index (κ1) is 18.9. The fourth-order valence-corrected chi connectivity index (χ4v) is 3.75. The number of nitrogens with zero attached hydrogens (tertiary/aromatic N) is 2. The van der Waals surface area contributed by atoms with Gasteiger partial charge in [-0.3, -0.25) is 4.79 Å². The van der Waals surface area contributed by atoms with Crippen LogP contribution in [-0.2, 0) is 16.3 Å². The molecule has 4 nitrogen and oxygen atoms in total. The van der Waals surface area contributed by atoms with E-state index in [9.17, 15) is 4.79 Å². The third kappa shape index (κ3) is 3.95. The van der Waals surface area contributed by atoms with Crippen molar-refractivity contribution >= 4 is 25.1 Å². The molecule has 0 N–H and O–H groups in total. The molecule has 2 aromatic rings. The van der Waals surface area contributed by atoms with Crippen molar-refractivity contribution in [2.45, 2.75) is 64.8 Å². The van der Waals surface area contributed by atoms with Gasteiger partial charge in [-0.15, -0.1) is 0 Å². The van der Waals surface area contributed by atoms with Crippen LogP contribution >= 0.6 is 0 Å². The lowest BCUT2D eigenvalue weighted by Gasteiger charge is -2.39. The fraction of sp³-hybridized carbons (Fsp3) is 0.579. The lowest BCUT2D eigenvalue weighted by Crippen LogP contribution is -2.42. The molecule has 0 bridgehead atoms. The molecular formula is C19H30N2O2Si. The van der Waals surface area contributed by atoms with Gasteiger partial charge in [0.05, 0.1) is 23.5 Å². The normalized spacial score (nSPS) is 14.1. The number of carbonyl (C=O) groups is 1. The molecule has 1 unspecified atom stereocenters. The Morgan fingerprint density at radius 3 is 2.58 bits per heavy atom. The Bertz CT molecular complexity index is 729. The van der Waals surface area contributed by atoms with Gasteiger partial charge in [0, 0.05) is 19.9 Å². The molecule has 0 amide bonds. The first-order valence-electron chi connectivity index (χ1n) is 8.65. The van der Waals surface area contributed by atoms with Crippen molar-refractivity contribution in [2.24, 2.45) is 7.05 Å². The molecule has 5 heteroatoms. The topological polar surface area (TPSA) is 44.1 Å². The van der Waals surface area contributed by atoms with Crippen molar-refractivity contribution < 1.29 is 9.22 Å². The molecular weight excluding hydrogens is 316 g/mol. The molecule has 0 spiro atoms. The van der Waals surface area contributed by atoms with Crippen LogP contribution in [0, 0.1) is 0 Å². The molecule has 0 aliphatic heterocycles. The van der Waals surface area contributed by atoms with E-state index < -0.39 is 8.32 Å². The minimum absolute atomic E-state index is 0.107. The average molecular weight is 347 g/mol. The number of ketones is 1. The summed E-state index contributed by atoms with van der Waals surface area (Å²) in [5.74, 6) is 0.236. The highest BCUT2D eigenvalue weighted by atomic mass is 28.4. The Morgan fingerprint density at radius 2 is 2.00 bits per heavy atom. The summed E-state index contributed by atoms with van der Waals surface area (Å²) >= 11 is 0. The molecule has 0 aliphatic rings. The molecule has 0 fully saturated rings. The molecule has 0 saturated carbocycles. The quantitative estimate of drug-likeness (QED) is 0.691. The number of hydrogen-bond acceptors (Lipinski definition) is 3. The highest BCUT2D eigenvalue weighted by molar-refractivity contribution is 6.74. The summed E-state index contributed by atoms with van der Waals surface area (Å²) in [5, 5.41) is 0.107. The number of benzene rings is 1. The molecule has 2 rings (SSSR count). The lowest BCUT2D eigenvalue weighted by atomic mass is 10.0. The smallest absolute Gasteiger partial charge is 0.192 e.